The van der Waals surface area contributed by atoms with Gasteiger partial charge in [0.15, 0.2) is 5.62 Å². The lowest BCUT2D eigenvalue weighted by molar-refractivity contribution is -0.139. The summed E-state index contributed by atoms with van der Waals surface area (Å²) in [5, 5.41) is 2.77. The highest BCUT2D eigenvalue weighted by molar-refractivity contribution is 6.20. The Balaban J connectivity index is 1.96. The molecule has 0 bridgehead atoms. The minimum atomic E-state index is -0.582. The molecule has 0 aromatic heterocycles. The molecular formula is C14H13ClN2O2. The molecule has 4 nitrogen and oxygen atoms in total. The van der Waals surface area contributed by atoms with Gasteiger partial charge < -0.3 is 10.1 Å². The third-order valence-corrected chi connectivity index (χ3v) is 2.64. The van der Waals surface area contributed by atoms with Crippen molar-refractivity contribution >= 4 is 23.8 Å². The number of alkyl halides is 1. The topological polar surface area (TPSA) is 50.7 Å². The molecule has 1 aromatic carbocycles. The summed E-state index contributed by atoms with van der Waals surface area (Å²) in [5.41, 5.74) is 0.755. The molecule has 98 valence electrons. The van der Waals surface area contributed by atoms with Gasteiger partial charge in [-0.15, -0.1) is 0 Å². The highest BCUT2D eigenvalue weighted by atomic mass is 35.5. The fraction of sp³-hybridized carbons (Fsp3) is 0.143. The maximum absolute atomic E-state index is 11.9. The second-order valence-corrected chi connectivity index (χ2v) is 4.23. The summed E-state index contributed by atoms with van der Waals surface area (Å²) in [4.78, 5) is 15.8. The molecule has 1 aliphatic heterocycles. The van der Waals surface area contributed by atoms with Gasteiger partial charge in [-0.1, -0.05) is 41.9 Å². The van der Waals surface area contributed by atoms with Crippen LogP contribution in [0, 0.1) is 0 Å². The molecule has 0 amide bonds. The molecule has 5 heteroatoms. The summed E-state index contributed by atoms with van der Waals surface area (Å²) in [6.45, 7) is 0.239. The van der Waals surface area contributed by atoms with E-state index in [9.17, 15) is 4.79 Å². The molecule has 1 atom stereocenters. The number of rotatable bonds is 3. The zero-order chi connectivity index (χ0) is 13.5. The Kier molecular flexibility index (Phi) is 4.75. The summed E-state index contributed by atoms with van der Waals surface area (Å²) in [6, 6.07) is 9.50. The van der Waals surface area contributed by atoms with Crippen LogP contribution < -0.4 is 5.32 Å². The Morgan fingerprint density at radius 3 is 2.95 bits per heavy atom. The molecule has 0 fully saturated rings. The van der Waals surface area contributed by atoms with E-state index in [2.05, 4.69) is 10.3 Å². The van der Waals surface area contributed by atoms with E-state index in [1.165, 1.54) is 12.4 Å². The smallest absolute Gasteiger partial charge is 0.339 e. The first-order chi connectivity index (χ1) is 9.25. The molecule has 0 aliphatic carbocycles. The summed E-state index contributed by atoms with van der Waals surface area (Å²) >= 11 is 5.80. The second kappa shape index (κ2) is 6.75. The van der Waals surface area contributed by atoms with Crippen LogP contribution in [0.25, 0.3) is 0 Å². The van der Waals surface area contributed by atoms with Crippen LogP contribution in [-0.4, -0.2) is 17.8 Å². The average Bonchev–Trinajstić information content (AvgIpc) is 2.42. The van der Waals surface area contributed by atoms with Crippen LogP contribution in [0.15, 0.2) is 59.2 Å². The van der Waals surface area contributed by atoms with Crippen LogP contribution in [0.4, 0.5) is 0 Å². The van der Waals surface area contributed by atoms with Gasteiger partial charge in [0, 0.05) is 12.4 Å². The van der Waals surface area contributed by atoms with E-state index in [4.69, 9.17) is 16.3 Å². The SMILES string of the molecule is O=C(OCc1ccccc1)C1=C/NC(Cl)/N=C/C=C\1. The molecule has 0 radical (unpaired) electrons. The van der Waals surface area contributed by atoms with Crippen molar-refractivity contribution in [2.45, 2.75) is 12.2 Å². The molecule has 19 heavy (non-hydrogen) atoms. The van der Waals surface area contributed by atoms with E-state index in [-0.39, 0.29) is 6.61 Å². The molecule has 1 aromatic rings. The van der Waals surface area contributed by atoms with E-state index >= 15 is 0 Å². The van der Waals surface area contributed by atoms with Gasteiger partial charge in [-0.05, 0) is 17.7 Å². The molecule has 1 unspecified atom stereocenters. The van der Waals surface area contributed by atoms with Gasteiger partial charge in [0.1, 0.15) is 6.61 Å². The van der Waals surface area contributed by atoms with Crippen LogP contribution in [0.5, 0.6) is 0 Å². The lowest BCUT2D eigenvalue weighted by atomic mass is 10.2. The number of esters is 1. The van der Waals surface area contributed by atoms with Crippen LogP contribution in [0.2, 0.25) is 0 Å². The van der Waals surface area contributed by atoms with Gasteiger partial charge in [-0.3, -0.25) is 4.99 Å². The third kappa shape index (κ3) is 4.26. The number of ether oxygens (including phenoxy) is 1. The molecule has 1 aliphatic rings. The Hall–Kier alpha value is -2.07. The van der Waals surface area contributed by atoms with E-state index in [1.807, 2.05) is 30.3 Å². The van der Waals surface area contributed by atoms with Gasteiger partial charge in [-0.25, -0.2) is 4.79 Å². The molecule has 0 saturated heterocycles. The molecule has 0 saturated carbocycles. The van der Waals surface area contributed by atoms with Gasteiger partial charge in [0.2, 0.25) is 0 Å². The minimum absolute atomic E-state index is 0.239. The lowest BCUT2D eigenvalue weighted by Gasteiger charge is -2.09. The van der Waals surface area contributed by atoms with Crippen molar-refractivity contribution in [2.75, 3.05) is 0 Å². The van der Waals surface area contributed by atoms with Crippen LogP contribution in [0.3, 0.4) is 0 Å². The number of hydrogen-bond acceptors (Lipinski definition) is 4. The fourth-order valence-corrected chi connectivity index (χ4v) is 1.58. The Morgan fingerprint density at radius 1 is 1.37 bits per heavy atom. The first-order valence-electron chi connectivity index (χ1n) is 5.77. The van der Waals surface area contributed by atoms with Crippen LogP contribution in [0.1, 0.15) is 5.56 Å². The number of aliphatic imine (C=N–C) groups is 1. The zero-order valence-electron chi connectivity index (χ0n) is 10.1. The van der Waals surface area contributed by atoms with Gasteiger partial charge >= 0.3 is 5.97 Å². The number of nitrogens with zero attached hydrogens (tertiary/aromatic N) is 1. The maximum atomic E-state index is 11.9. The Labute approximate surface area is 116 Å². The number of nitrogens with one attached hydrogen (secondary N) is 1. The molecule has 1 N–H and O–H groups in total. The van der Waals surface area contributed by atoms with Gasteiger partial charge in [0.25, 0.3) is 0 Å². The molecule has 2 rings (SSSR count). The van der Waals surface area contributed by atoms with E-state index < -0.39 is 11.6 Å². The monoisotopic (exact) mass is 276 g/mol. The van der Waals surface area contributed by atoms with Crippen molar-refractivity contribution in [1.82, 2.24) is 5.32 Å². The first kappa shape index (κ1) is 13.4. The molecule has 0 spiro atoms. The standard InChI is InChI=1S/C14H13ClN2O2/c15-14-16-8-4-7-12(9-17-14)13(18)19-10-11-5-2-1-3-6-11/h1-9,14,17H,10H2/b7-4-,12-9+,16-8+. The maximum Gasteiger partial charge on any atom is 0.339 e. The van der Waals surface area contributed by atoms with Crippen molar-refractivity contribution in [3.8, 4) is 0 Å². The number of carbonyl (C=O) groups excluding carboxylic acids is 1. The minimum Gasteiger partial charge on any atom is -0.457 e. The zero-order valence-corrected chi connectivity index (χ0v) is 10.9. The average molecular weight is 277 g/mol. The summed E-state index contributed by atoms with van der Waals surface area (Å²) in [5.74, 6) is -0.410. The summed E-state index contributed by atoms with van der Waals surface area (Å²) < 4.78 is 5.21. The quantitative estimate of drug-likeness (QED) is 0.524. The van der Waals surface area contributed by atoms with Crippen LogP contribution in [-0.2, 0) is 16.1 Å². The Morgan fingerprint density at radius 2 is 2.16 bits per heavy atom. The number of allylic oxidation sites excluding steroid dienone is 1. The molecular weight excluding hydrogens is 264 g/mol. The molecule has 1 heterocycles. The van der Waals surface area contributed by atoms with E-state index in [1.54, 1.807) is 12.2 Å². The van der Waals surface area contributed by atoms with Crippen molar-refractivity contribution < 1.29 is 9.53 Å². The number of halogens is 1. The normalized spacial score (nSPS) is 24.1. The second-order valence-electron chi connectivity index (χ2n) is 3.82. The number of hydrogen-bond donors (Lipinski definition) is 1. The third-order valence-electron chi connectivity index (χ3n) is 2.40. The highest BCUT2D eigenvalue weighted by Crippen LogP contribution is 2.07. The van der Waals surface area contributed by atoms with E-state index in [0.717, 1.165) is 5.56 Å². The van der Waals surface area contributed by atoms with E-state index in [0.29, 0.717) is 5.57 Å². The number of carbonyl (C=O) groups is 1. The lowest BCUT2D eigenvalue weighted by Crippen LogP contribution is -2.19. The van der Waals surface area contributed by atoms with Crippen molar-refractivity contribution in [1.29, 1.82) is 0 Å². The van der Waals surface area contributed by atoms with Gasteiger partial charge in [0.05, 0.1) is 5.57 Å². The van der Waals surface area contributed by atoms with Crippen molar-refractivity contribution in [3.05, 3.63) is 59.8 Å². The first-order valence-corrected chi connectivity index (χ1v) is 6.20. The Bertz CT molecular complexity index is 524. The van der Waals surface area contributed by atoms with Gasteiger partial charge in [-0.2, -0.15) is 0 Å². The largest absolute Gasteiger partial charge is 0.457 e. The number of benzene rings is 1. The highest BCUT2D eigenvalue weighted by Gasteiger charge is 2.10. The predicted octanol–water partition coefficient (Wildman–Crippen LogP) is 2.37. The van der Waals surface area contributed by atoms with Crippen LogP contribution >= 0.6 is 11.6 Å². The summed E-state index contributed by atoms with van der Waals surface area (Å²) in [7, 11) is 0. The fourth-order valence-electron chi connectivity index (χ4n) is 1.46. The predicted molar refractivity (Wildman–Crippen MR) is 74.7 cm³/mol. The van der Waals surface area contributed by atoms with Crippen molar-refractivity contribution in [3.63, 3.8) is 0 Å². The van der Waals surface area contributed by atoms with Crippen molar-refractivity contribution in [2.24, 2.45) is 4.99 Å². The summed E-state index contributed by atoms with van der Waals surface area (Å²) in [6.07, 6.45) is 6.29.